The van der Waals surface area contributed by atoms with Crippen molar-refractivity contribution in [1.82, 2.24) is 4.98 Å². The largest absolute Gasteiger partial charge is 0.497 e. The molecule has 2 heterocycles. The molecule has 3 nitrogen and oxygen atoms in total. The number of ether oxygens (including phenoxy) is 1. The van der Waals surface area contributed by atoms with Crippen LogP contribution in [0.1, 0.15) is 36.4 Å². The Balaban J connectivity index is 1.76. The van der Waals surface area contributed by atoms with Gasteiger partial charge in [-0.1, -0.05) is 31.2 Å². The highest BCUT2D eigenvalue weighted by atomic mass is 16.5. The maximum Gasteiger partial charge on any atom is 0.119 e. The standard InChI is InChI=1S/C20H20N2O/c1-13-11-19(22-18-9-8-15(23-2)12-17(13)18)16-7-3-5-14-6-4-10-21-20(14)16/h3-10,12-13,19,22H,11H2,1-2H3. The van der Waals surface area contributed by atoms with Gasteiger partial charge in [0.15, 0.2) is 0 Å². The molecule has 2 atom stereocenters. The van der Waals surface area contributed by atoms with Crippen LogP contribution in [0.2, 0.25) is 0 Å². The lowest BCUT2D eigenvalue weighted by atomic mass is 9.85. The van der Waals surface area contributed by atoms with Gasteiger partial charge in [0, 0.05) is 22.8 Å². The van der Waals surface area contributed by atoms with Gasteiger partial charge in [-0.25, -0.2) is 0 Å². The molecule has 0 bridgehead atoms. The van der Waals surface area contributed by atoms with Crippen LogP contribution in [0, 0.1) is 0 Å². The summed E-state index contributed by atoms with van der Waals surface area (Å²) in [5, 5.41) is 4.89. The molecule has 1 aliphatic rings. The molecule has 0 saturated carbocycles. The average molecular weight is 304 g/mol. The molecule has 1 N–H and O–H groups in total. The molecule has 0 amide bonds. The van der Waals surface area contributed by atoms with Crippen molar-refractivity contribution in [3.63, 3.8) is 0 Å². The summed E-state index contributed by atoms with van der Waals surface area (Å²) in [5.74, 6) is 1.40. The summed E-state index contributed by atoms with van der Waals surface area (Å²) in [7, 11) is 1.72. The minimum Gasteiger partial charge on any atom is -0.497 e. The lowest BCUT2D eigenvalue weighted by Crippen LogP contribution is -2.20. The predicted octanol–water partition coefficient (Wildman–Crippen LogP) is 4.90. The molecule has 2 aromatic carbocycles. The van der Waals surface area contributed by atoms with Gasteiger partial charge >= 0.3 is 0 Å². The normalized spacial score (nSPS) is 19.9. The Hall–Kier alpha value is -2.55. The fourth-order valence-electron chi connectivity index (χ4n) is 3.55. The molecular weight excluding hydrogens is 284 g/mol. The smallest absolute Gasteiger partial charge is 0.119 e. The van der Waals surface area contributed by atoms with Gasteiger partial charge in [0.05, 0.1) is 18.7 Å². The van der Waals surface area contributed by atoms with E-state index in [1.165, 1.54) is 22.2 Å². The number of nitrogens with one attached hydrogen (secondary N) is 1. The zero-order valence-corrected chi connectivity index (χ0v) is 13.4. The summed E-state index contributed by atoms with van der Waals surface area (Å²) in [6.07, 6.45) is 2.92. The zero-order chi connectivity index (χ0) is 15.8. The second kappa shape index (κ2) is 5.58. The number of para-hydroxylation sites is 1. The van der Waals surface area contributed by atoms with Crippen LogP contribution < -0.4 is 10.1 Å². The van der Waals surface area contributed by atoms with Crippen molar-refractivity contribution < 1.29 is 4.74 Å². The van der Waals surface area contributed by atoms with Crippen molar-refractivity contribution in [2.45, 2.75) is 25.3 Å². The van der Waals surface area contributed by atoms with Crippen LogP contribution >= 0.6 is 0 Å². The molecule has 3 heteroatoms. The van der Waals surface area contributed by atoms with Gasteiger partial charge in [-0.3, -0.25) is 4.98 Å². The van der Waals surface area contributed by atoms with Gasteiger partial charge < -0.3 is 10.1 Å². The summed E-state index contributed by atoms with van der Waals surface area (Å²) in [6, 6.07) is 17.1. The number of anilines is 1. The van der Waals surface area contributed by atoms with Crippen LogP contribution in [0.25, 0.3) is 10.9 Å². The van der Waals surface area contributed by atoms with E-state index < -0.39 is 0 Å². The first kappa shape index (κ1) is 14.1. The topological polar surface area (TPSA) is 34.1 Å². The Morgan fingerprint density at radius 2 is 1.96 bits per heavy atom. The first-order valence-electron chi connectivity index (χ1n) is 8.04. The minimum atomic E-state index is 0.282. The predicted molar refractivity (Wildman–Crippen MR) is 94.1 cm³/mol. The van der Waals surface area contributed by atoms with Gasteiger partial charge in [0.25, 0.3) is 0 Å². The third-order valence-electron chi connectivity index (χ3n) is 4.75. The molecule has 23 heavy (non-hydrogen) atoms. The number of hydrogen-bond acceptors (Lipinski definition) is 3. The lowest BCUT2D eigenvalue weighted by molar-refractivity contribution is 0.413. The highest BCUT2D eigenvalue weighted by Gasteiger charge is 2.26. The van der Waals surface area contributed by atoms with Crippen LogP contribution in [0.15, 0.2) is 54.7 Å². The molecule has 2 unspecified atom stereocenters. The van der Waals surface area contributed by atoms with E-state index in [0.717, 1.165) is 17.7 Å². The number of methoxy groups -OCH3 is 1. The van der Waals surface area contributed by atoms with Gasteiger partial charge in [-0.05, 0) is 42.2 Å². The number of pyridine rings is 1. The Bertz CT molecular complexity index is 854. The fraction of sp³-hybridized carbons (Fsp3) is 0.250. The van der Waals surface area contributed by atoms with Crippen molar-refractivity contribution in [1.29, 1.82) is 0 Å². The van der Waals surface area contributed by atoms with Gasteiger partial charge in [-0.2, -0.15) is 0 Å². The summed E-state index contributed by atoms with van der Waals surface area (Å²) in [5.41, 5.74) is 4.89. The molecule has 3 aromatic rings. The molecular formula is C20H20N2O. The monoisotopic (exact) mass is 304 g/mol. The molecule has 4 rings (SSSR count). The molecule has 0 saturated heterocycles. The molecule has 1 aliphatic heterocycles. The van der Waals surface area contributed by atoms with Crippen molar-refractivity contribution in [3.05, 3.63) is 65.9 Å². The number of aromatic nitrogens is 1. The highest BCUT2D eigenvalue weighted by Crippen LogP contribution is 2.42. The van der Waals surface area contributed by atoms with E-state index in [1.54, 1.807) is 7.11 Å². The number of fused-ring (bicyclic) bond motifs is 2. The van der Waals surface area contributed by atoms with E-state index in [2.05, 4.69) is 53.6 Å². The summed E-state index contributed by atoms with van der Waals surface area (Å²) in [6.45, 7) is 2.28. The van der Waals surface area contributed by atoms with Crippen LogP contribution in [-0.4, -0.2) is 12.1 Å². The van der Waals surface area contributed by atoms with Gasteiger partial charge in [0.2, 0.25) is 0 Å². The Kier molecular flexibility index (Phi) is 3.41. The maximum absolute atomic E-state index is 5.36. The van der Waals surface area contributed by atoms with E-state index in [1.807, 2.05) is 18.3 Å². The Labute approximate surface area is 136 Å². The quantitative estimate of drug-likeness (QED) is 0.731. The minimum absolute atomic E-state index is 0.282. The third-order valence-corrected chi connectivity index (χ3v) is 4.75. The van der Waals surface area contributed by atoms with Crippen LogP contribution in [0.3, 0.4) is 0 Å². The van der Waals surface area contributed by atoms with E-state index in [4.69, 9.17) is 4.74 Å². The fourth-order valence-corrected chi connectivity index (χ4v) is 3.55. The Morgan fingerprint density at radius 3 is 2.83 bits per heavy atom. The summed E-state index contributed by atoms with van der Waals surface area (Å²) < 4.78 is 5.36. The van der Waals surface area contributed by atoms with Crippen LogP contribution in [-0.2, 0) is 0 Å². The summed E-state index contributed by atoms with van der Waals surface area (Å²) in [4.78, 5) is 4.60. The van der Waals surface area contributed by atoms with Crippen molar-refractivity contribution in [2.75, 3.05) is 12.4 Å². The van der Waals surface area contributed by atoms with E-state index in [0.29, 0.717) is 5.92 Å². The highest BCUT2D eigenvalue weighted by molar-refractivity contribution is 5.82. The van der Waals surface area contributed by atoms with E-state index in [-0.39, 0.29) is 6.04 Å². The van der Waals surface area contributed by atoms with Gasteiger partial charge in [0.1, 0.15) is 5.75 Å². The number of nitrogens with zero attached hydrogens (tertiary/aromatic N) is 1. The number of benzene rings is 2. The SMILES string of the molecule is COc1ccc2c(c1)C(C)CC(c1cccc3cccnc13)N2. The molecule has 116 valence electrons. The van der Waals surface area contributed by atoms with Crippen LogP contribution in [0.5, 0.6) is 5.75 Å². The average Bonchev–Trinajstić information content (AvgIpc) is 2.61. The van der Waals surface area contributed by atoms with Gasteiger partial charge in [-0.15, -0.1) is 0 Å². The molecule has 0 aliphatic carbocycles. The molecule has 0 fully saturated rings. The summed E-state index contributed by atoms with van der Waals surface area (Å²) >= 11 is 0. The first-order chi connectivity index (χ1) is 11.3. The van der Waals surface area contributed by atoms with Crippen molar-refractivity contribution in [2.24, 2.45) is 0 Å². The third kappa shape index (κ3) is 2.42. The maximum atomic E-state index is 5.36. The molecule has 0 radical (unpaired) electrons. The van der Waals surface area contributed by atoms with Crippen molar-refractivity contribution in [3.8, 4) is 5.75 Å². The Morgan fingerprint density at radius 1 is 1.09 bits per heavy atom. The first-order valence-corrected chi connectivity index (χ1v) is 8.04. The van der Waals surface area contributed by atoms with E-state index in [9.17, 15) is 0 Å². The zero-order valence-electron chi connectivity index (χ0n) is 13.4. The van der Waals surface area contributed by atoms with Crippen LogP contribution in [0.4, 0.5) is 5.69 Å². The van der Waals surface area contributed by atoms with E-state index >= 15 is 0 Å². The number of hydrogen-bond donors (Lipinski definition) is 1. The number of rotatable bonds is 2. The van der Waals surface area contributed by atoms with Crippen molar-refractivity contribution >= 4 is 16.6 Å². The second-order valence-corrected chi connectivity index (χ2v) is 6.21. The molecule has 1 aromatic heterocycles. The molecule has 0 spiro atoms. The second-order valence-electron chi connectivity index (χ2n) is 6.21. The lowest BCUT2D eigenvalue weighted by Gasteiger charge is -2.32.